The van der Waals surface area contributed by atoms with E-state index in [9.17, 15) is 4.79 Å². The molecule has 1 heterocycles. The average molecular weight is 279 g/mol. The van der Waals surface area contributed by atoms with Crippen LogP contribution in [0, 0.1) is 0 Å². The highest BCUT2D eigenvalue weighted by Gasteiger charge is 2.10. The van der Waals surface area contributed by atoms with Crippen molar-refractivity contribution < 1.29 is 9.53 Å². The predicted molar refractivity (Wildman–Crippen MR) is 81.2 cm³/mol. The van der Waals surface area contributed by atoms with E-state index < -0.39 is 0 Å². The first-order valence-corrected chi connectivity index (χ1v) is 7.20. The van der Waals surface area contributed by atoms with Gasteiger partial charge in [0, 0.05) is 32.9 Å². The normalized spacial score (nSPS) is 10.3. The fraction of sp³-hybridized carbons (Fsp3) is 0.600. The van der Waals surface area contributed by atoms with E-state index in [0.29, 0.717) is 18.7 Å². The number of aromatic nitrogens is 1. The largest absolute Gasteiger partial charge is 0.383 e. The highest BCUT2D eigenvalue weighted by Crippen LogP contribution is 2.15. The average Bonchev–Trinajstić information content (AvgIpc) is 2.47. The number of anilines is 1. The van der Waals surface area contributed by atoms with E-state index in [-0.39, 0.29) is 5.91 Å². The SMILES string of the molecule is CCCN(CCC)c1cncc(C(=O)NCCOC)c1. The lowest BCUT2D eigenvalue weighted by molar-refractivity contribution is 0.0937. The summed E-state index contributed by atoms with van der Waals surface area (Å²) >= 11 is 0. The zero-order valence-corrected chi connectivity index (χ0v) is 12.7. The minimum absolute atomic E-state index is 0.107. The number of nitrogens with zero attached hydrogens (tertiary/aromatic N) is 2. The molecule has 1 amide bonds. The number of nitrogens with one attached hydrogen (secondary N) is 1. The molecule has 5 nitrogen and oxygen atoms in total. The van der Waals surface area contributed by atoms with Gasteiger partial charge in [-0.15, -0.1) is 0 Å². The summed E-state index contributed by atoms with van der Waals surface area (Å²) in [4.78, 5) is 18.4. The second-order valence-electron chi connectivity index (χ2n) is 4.67. The first-order valence-electron chi connectivity index (χ1n) is 7.20. The van der Waals surface area contributed by atoms with Crippen LogP contribution in [0.5, 0.6) is 0 Å². The number of carbonyl (C=O) groups excluding carboxylic acids is 1. The van der Waals surface area contributed by atoms with Gasteiger partial charge in [0.15, 0.2) is 0 Å². The molecule has 0 bridgehead atoms. The lowest BCUT2D eigenvalue weighted by Gasteiger charge is -2.23. The Morgan fingerprint density at radius 3 is 2.60 bits per heavy atom. The molecule has 0 aliphatic carbocycles. The zero-order chi connectivity index (χ0) is 14.8. The summed E-state index contributed by atoms with van der Waals surface area (Å²) in [6, 6.07) is 1.90. The highest BCUT2D eigenvalue weighted by atomic mass is 16.5. The van der Waals surface area contributed by atoms with Gasteiger partial charge < -0.3 is 15.0 Å². The summed E-state index contributed by atoms with van der Waals surface area (Å²) in [5, 5.41) is 2.81. The van der Waals surface area contributed by atoms with Gasteiger partial charge in [-0.25, -0.2) is 0 Å². The summed E-state index contributed by atoms with van der Waals surface area (Å²) in [7, 11) is 1.61. The van der Waals surface area contributed by atoms with Crippen LogP contribution in [-0.4, -0.2) is 44.2 Å². The van der Waals surface area contributed by atoms with E-state index in [2.05, 4.69) is 29.0 Å². The van der Waals surface area contributed by atoms with Gasteiger partial charge in [0.1, 0.15) is 0 Å². The van der Waals surface area contributed by atoms with Crippen molar-refractivity contribution in [3.8, 4) is 0 Å². The molecule has 0 aromatic carbocycles. The third-order valence-electron chi connectivity index (χ3n) is 2.93. The number of ether oxygens (including phenoxy) is 1. The molecule has 0 atom stereocenters. The Bertz CT molecular complexity index is 404. The Morgan fingerprint density at radius 1 is 1.30 bits per heavy atom. The molecule has 1 aromatic rings. The molecule has 0 unspecified atom stereocenters. The second kappa shape index (κ2) is 9.31. The Kier molecular flexibility index (Phi) is 7.65. The van der Waals surface area contributed by atoms with Crippen molar-refractivity contribution in [1.29, 1.82) is 0 Å². The lowest BCUT2D eigenvalue weighted by Crippen LogP contribution is -2.28. The number of hydrogen-bond donors (Lipinski definition) is 1. The minimum atomic E-state index is -0.107. The fourth-order valence-electron chi connectivity index (χ4n) is 2.00. The zero-order valence-electron chi connectivity index (χ0n) is 12.7. The molecule has 0 fully saturated rings. The Balaban J connectivity index is 2.74. The maximum Gasteiger partial charge on any atom is 0.253 e. The van der Waals surface area contributed by atoms with Crippen LogP contribution in [0.2, 0.25) is 0 Å². The monoisotopic (exact) mass is 279 g/mol. The number of hydrogen-bond acceptors (Lipinski definition) is 4. The van der Waals surface area contributed by atoms with Crippen LogP contribution in [-0.2, 0) is 4.74 Å². The van der Waals surface area contributed by atoms with Gasteiger partial charge in [-0.1, -0.05) is 13.8 Å². The summed E-state index contributed by atoms with van der Waals surface area (Å²) in [5.74, 6) is -0.107. The third kappa shape index (κ3) is 5.17. The smallest absolute Gasteiger partial charge is 0.253 e. The van der Waals surface area contributed by atoms with Gasteiger partial charge in [0.25, 0.3) is 5.91 Å². The van der Waals surface area contributed by atoms with Crippen molar-refractivity contribution in [2.75, 3.05) is 38.3 Å². The van der Waals surface area contributed by atoms with Gasteiger partial charge in [-0.2, -0.15) is 0 Å². The first-order chi connectivity index (χ1) is 9.72. The number of rotatable bonds is 9. The van der Waals surface area contributed by atoms with E-state index >= 15 is 0 Å². The van der Waals surface area contributed by atoms with Crippen molar-refractivity contribution in [1.82, 2.24) is 10.3 Å². The number of pyridine rings is 1. The molecular weight excluding hydrogens is 254 g/mol. The Hall–Kier alpha value is -1.62. The number of carbonyl (C=O) groups is 1. The van der Waals surface area contributed by atoms with Gasteiger partial charge >= 0.3 is 0 Å². The van der Waals surface area contributed by atoms with Crippen molar-refractivity contribution >= 4 is 11.6 Å². The van der Waals surface area contributed by atoms with Crippen molar-refractivity contribution in [2.45, 2.75) is 26.7 Å². The molecular formula is C15H25N3O2. The van der Waals surface area contributed by atoms with E-state index in [1.807, 2.05) is 12.3 Å². The molecule has 0 aliphatic heterocycles. The standard InChI is InChI=1S/C15H25N3O2/c1-4-7-18(8-5-2)14-10-13(11-16-12-14)15(19)17-6-9-20-3/h10-12H,4-9H2,1-3H3,(H,17,19). The van der Waals surface area contributed by atoms with Crippen molar-refractivity contribution in [3.63, 3.8) is 0 Å². The number of methoxy groups -OCH3 is 1. The Labute approximate surface area is 121 Å². The van der Waals surface area contributed by atoms with E-state index in [1.165, 1.54) is 0 Å². The third-order valence-corrected chi connectivity index (χ3v) is 2.93. The first kappa shape index (κ1) is 16.4. The summed E-state index contributed by atoms with van der Waals surface area (Å²) < 4.78 is 4.92. The van der Waals surface area contributed by atoms with Gasteiger partial charge in [0.2, 0.25) is 0 Å². The molecule has 0 saturated carbocycles. The topological polar surface area (TPSA) is 54.5 Å². The van der Waals surface area contributed by atoms with Crippen LogP contribution in [0.25, 0.3) is 0 Å². The van der Waals surface area contributed by atoms with Crippen LogP contribution in [0.1, 0.15) is 37.0 Å². The van der Waals surface area contributed by atoms with Crippen LogP contribution < -0.4 is 10.2 Å². The summed E-state index contributed by atoms with van der Waals surface area (Å²) in [5.41, 5.74) is 1.60. The van der Waals surface area contributed by atoms with Crippen molar-refractivity contribution in [2.24, 2.45) is 0 Å². The molecule has 0 spiro atoms. The van der Waals surface area contributed by atoms with E-state index in [1.54, 1.807) is 13.3 Å². The van der Waals surface area contributed by atoms with Crippen LogP contribution in [0.4, 0.5) is 5.69 Å². The van der Waals surface area contributed by atoms with Gasteiger partial charge in [0.05, 0.1) is 24.1 Å². The minimum Gasteiger partial charge on any atom is -0.383 e. The molecule has 20 heavy (non-hydrogen) atoms. The van der Waals surface area contributed by atoms with Crippen molar-refractivity contribution in [3.05, 3.63) is 24.0 Å². The van der Waals surface area contributed by atoms with E-state index in [4.69, 9.17) is 4.74 Å². The maximum absolute atomic E-state index is 12.0. The molecule has 5 heteroatoms. The van der Waals surface area contributed by atoms with E-state index in [0.717, 1.165) is 31.6 Å². The quantitative estimate of drug-likeness (QED) is 0.703. The van der Waals surface area contributed by atoms with Crippen LogP contribution >= 0.6 is 0 Å². The number of amides is 1. The molecule has 1 N–H and O–H groups in total. The van der Waals surface area contributed by atoms with Gasteiger partial charge in [-0.05, 0) is 18.9 Å². The predicted octanol–water partition coefficient (Wildman–Crippen LogP) is 2.08. The second-order valence-corrected chi connectivity index (χ2v) is 4.67. The fourth-order valence-corrected chi connectivity index (χ4v) is 2.00. The molecule has 0 saturated heterocycles. The summed E-state index contributed by atoms with van der Waals surface area (Å²) in [6.45, 7) is 7.27. The maximum atomic E-state index is 12.0. The molecule has 0 aliphatic rings. The van der Waals surface area contributed by atoms with Crippen LogP contribution in [0.15, 0.2) is 18.5 Å². The molecule has 112 valence electrons. The molecule has 1 aromatic heterocycles. The molecule has 1 rings (SSSR count). The highest BCUT2D eigenvalue weighted by molar-refractivity contribution is 5.94. The Morgan fingerprint density at radius 2 is 2.00 bits per heavy atom. The molecule has 0 radical (unpaired) electrons. The van der Waals surface area contributed by atoms with Gasteiger partial charge in [-0.3, -0.25) is 9.78 Å². The summed E-state index contributed by atoms with van der Waals surface area (Å²) in [6.07, 6.45) is 5.56. The lowest BCUT2D eigenvalue weighted by atomic mass is 10.2. The van der Waals surface area contributed by atoms with Crippen LogP contribution in [0.3, 0.4) is 0 Å².